The number of aliphatic hydroxyl groups excluding tert-OH is 1. The second-order valence-corrected chi connectivity index (χ2v) is 7.14. The van der Waals surface area contributed by atoms with Crippen LogP contribution < -0.4 is 5.32 Å². The molecule has 0 aromatic heterocycles. The summed E-state index contributed by atoms with van der Waals surface area (Å²) in [6, 6.07) is 4.65. The van der Waals surface area contributed by atoms with Crippen molar-refractivity contribution in [2.24, 2.45) is 0 Å². The molecule has 6 nitrogen and oxygen atoms in total. The molecule has 0 unspecified atom stereocenters. The highest BCUT2D eigenvalue weighted by molar-refractivity contribution is 7.89. The summed E-state index contributed by atoms with van der Waals surface area (Å²) in [5.74, 6) is -0.189. The summed E-state index contributed by atoms with van der Waals surface area (Å²) in [6.07, 6.45) is 1.46. The molecular formula is C14H22N2O4S. The van der Waals surface area contributed by atoms with Crippen molar-refractivity contribution in [3.63, 3.8) is 0 Å². The van der Waals surface area contributed by atoms with E-state index in [9.17, 15) is 13.2 Å². The van der Waals surface area contributed by atoms with Crippen molar-refractivity contribution in [1.82, 2.24) is 4.31 Å². The van der Waals surface area contributed by atoms with Gasteiger partial charge in [0.05, 0.1) is 4.90 Å². The molecule has 1 amide bonds. The standard InChI is InChI=1S/C14H22N2O4S/c1-11-7-8-12(21(19,20)16(2)3)10-13(11)15-14(18)6-4-5-9-17/h7-8,10,17H,4-6,9H2,1-3H3,(H,15,18). The first kappa shape index (κ1) is 17.6. The lowest BCUT2D eigenvalue weighted by Gasteiger charge is -2.14. The van der Waals surface area contributed by atoms with Crippen LogP contribution in [0.3, 0.4) is 0 Å². The van der Waals surface area contributed by atoms with Gasteiger partial charge < -0.3 is 10.4 Å². The molecule has 0 atom stereocenters. The zero-order valence-corrected chi connectivity index (χ0v) is 13.4. The molecule has 7 heteroatoms. The summed E-state index contributed by atoms with van der Waals surface area (Å²) in [7, 11) is -0.603. The number of aryl methyl sites for hydroxylation is 1. The number of anilines is 1. The Hall–Kier alpha value is -1.44. The fourth-order valence-corrected chi connectivity index (χ4v) is 2.65. The Morgan fingerprint density at radius 2 is 1.95 bits per heavy atom. The molecule has 0 fully saturated rings. The third-order valence-corrected chi connectivity index (χ3v) is 4.88. The van der Waals surface area contributed by atoms with E-state index in [1.54, 1.807) is 13.0 Å². The van der Waals surface area contributed by atoms with Gasteiger partial charge in [0.15, 0.2) is 0 Å². The summed E-state index contributed by atoms with van der Waals surface area (Å²) in [5, 5.41) is 11.4. The van der Waals surface area contributed by atoms with E-state index in [1.807, 2.05) is 0 Å². The van der Waals surface area contributed by atoms with Gasteiger partial charge in [-0.2, -0.15) is 0 Å². The number of hydrogen-bond donors (Lipinski definition) is 2. The second kappa shape index (κ2) is 7.53. The Balaban J connectivity index is 2.91. The minimum absolute atomic E-state index is 0.0584. The molecule has 0 heterocycles. The molecule has 21 heavy (non-hydrogen) atoms. The number of unbranched alkanes of at least 4 members (excludes halogenated alkanes) is 1. The molecule has 118 valence electrons. The fourth-order valence-electron chi connectivity index (χ4n) is 1.72. The molecule has 0 aliphatic rings. The maximum Gasteiger partial charge on any atom is 0.242 e. The molecule has 1 aromatic rings. The summed E-state index contributed by atoms with van der Waals surface area (Å²) < 4.78 is 25.3. The number of sulfonamides is 1. The Kier molecular flexibility index (Phi) is 6.32. The zero-order chi connectivity index (χ0) is 16.0. The van der Waals surface area contributed by atoms with Crippen LogP contribution in [0.4, 0.5) is 5.69 Å². The van der Waals surface area contributed by atoms with Gasteiger partial charge in [-0.25, -0.2) is 12.7 Å². The third-order valence-electron chi connectivity index (χ3n) is 3.07. The summed E-state index contributed by atoms with van der Waals surface area (Å²) in [6.45, 7) is 1.86. The van der Waals surface area contributed by atoms with Gasteiger partial charge in [0.2, 0.25) is 15.9 Å². The monoisotopic (exact) mass is 314 g/mol. The number of aliphatic hydroxyl groups is 1. The van der Waals surface area contributed by atoms with Crippen molar-refractivity contribution in [2.45, 2.75) is 31.1 Å². The minimum Gasteiger partial charge on any atom is -0.396 e. The van der Waals surface area contributed by atoms with Gasteiger partial charge in [0, 0.05) is 32.8 Å². The Bertz CT molecular complexity index is 597. The molecular weight excluding hydrogens is 292 g/mol. The van der Waals surface area contributed by atoms with E-state index < -0.39 is 10.0 Å². The largest absolute Gasteiger partial charge is 0.396 e. The number of amides is 1. The highest BCUT2D eigenvalue weighted by atomic mass is 32.2. The topological polar surface area (TPSA) is 86.7 Å². The summed E-state index contributed by atoms with van der Waals surface area (Å²) in [5.41, 5.74) is 1.29. The van der Waals surface area contributed by atoms with Crippen molar-refractivity contribution in [2.75, 3.05) is 26.0 Å². The van der Waals surface area contributed by atoms with Crippen LogP contribution in [-0.2, 0) is 14.8 Å². The van der Waals surface area contributed by atoms with Crippen molar-refractivity contribution >= 4 is 21.6 Å². The van der Waals surface area contributed by atoms with E-state index in [4.69, 9.17) is 5.11 Å². The molecule has 0 radical (unpaired) electrons. The van der Waals surface area contributed by atoms with Gasteiger partial charge in [-0.3, -0.25) is 4.79 Å². The molecule has 1 aromatic carbocycles. The number of rotatable bonds is 7. The number of hydrogen-bond acceptors (Lipinski definition) is 4. The fraction of sp³-hybridized carbons (Fsp3) is 0.500. The molecule has 0 aliphatic heterocycles. The number of carbonyl (C=O) groups is 1. The van der Waals surface area contributed by atoms with Crippen molar-refractivity contribution in [3.05, 3.63) is 23.8 Å². The normalized spacial score (nSPS) is 11.7. The number of benzene rings is 1. The molecule has 0 bridgehead atoms. The lowest BCUT2D eigenvalue weighted by Crippen LogP contribution is -2.22. The van der Waals surface area contributed by atoms with Gasteiger partial charge in [-0.05, 0) is 37.5 Å². The maximum atomic E-state index is 12.1. The van der Waals surface area contributed by atoms with Crippen LogP contribution >= 0.6 is 0 Å². The average molecular weight is 314 g/mol. The van der Waals surface area contributed by atoms with Gasteiger partial charge in [0.25, 0.3) is 0 Å². The minimum atomic E-state index is -3.52. The highest BCUT2D eigenvalue weighted by Crippen LogP contribution is 2.22. The van der Waals surface area contributed by atoms with E-state index in [0.29, 0.717) is 24.9 Å². The van der Waals surface area contributed by atoms with Gasteiger partial charge >= 0.3 is 0 Å². The SMILES string of the molecule is Cc1ccc(S(=O)(=O)N(C)C)cc1NC(=O)CCCCO. The van der Waals surface area contributed by atoms with Crippen molar-refractivity contribution < 1.29 is 18.3 Å². The van der Waals surface area contributed by atoms with Crippen LogP contribution in [0, 0.1) is 6.92 Å². The number of carbonyl (C=O) groups excluding carboxylic acids is 1. The highest BCUT2D eigenvalue weighted by Gasteiger charge is 2.18. The molecule has 0 saturated carbocycles. The van der Waals surface area contributed by atoms with Crippen LogP contribution in [0.5, 0.6) is 0 Å². The lowest BCUT2D eigenvalue weighted by molar-refractivity contribution is -0.116. The van der Waals surface area contributed by atoms with E-state index >= 15 is 0 Å². The van der Waals surface area contributed by atoms with Gasteiger partial charge in [-0.1, -0.05) is 6.07 Å². The Morgan fingerprint density at radius 3 is 2.52 bits per heavy atom. The van der Waals surface area contributed by atoms with Crippen LogP contribution in [0.15, 0.2) is 23.1 Å². The quantitative estimate of drug-likeness (QED) is 0.744. The first-order valence-electron chi connectivity index (χ1n) is 6.73. The predicted octanol–water partition coefficient (Wildman–Crippen LogP) is 1.35. The Labute approximate surface area is 125 Å². The van der Waals surface area contributed by atoms with Crippen LogP contribution in [0.1, 0.15) is 24.8 Å². The number of nitrogens with one attached hydrogen (secondary N) is 1. The van der Waals surface area contributed by atoms with E-state index in [-0.39, 0.29) is 17.4 Å². The first-order valence-corrected chi connectivity index (χ1v) is 8.17. The molecule has 1 rings (SSSR count). The zero-order valence-electron chi connectivity index (χ0n) is 12.6. The first-order chi connectivity index (χ1) is 9.78. The maximum absolute atomic E-state index is 12.1. The predicted molar refractivity (Wildman–Crippen MR) is 81.6 cm³/mol. The second-order valence-electron chi connectivity index (χ2n) is 4.99. The van der Waals surface area contributed by atoms with E-state index in [1.165, 1.54) is 26.2 Å². The smallest absolute Gasteiger partial charge is 0.242 e. The van der Waals surface area contributed by atoms with Crippen LogP contribution in [-0.4, -0.2) is 44.4 Å². The third kappa shape index (κ3) is 4.80. The Morgan fingerprint density at radius 1 is 1.29 bits per heavy atom. The molecule has 2 N–H and O–H groups in total. The van der Waals surface area contributed by atoms with Crippen molar-refractivity contribution in [1.29, 1.82) is 0 Å². The van der Waals surface area contributed by atoms with Crippen LogP contribution in [0.25, 0.3) is 0 Å². The van der Waals surface area contributed by atoms with Gasteiger partial charge in [-0.15, -0.1) is 0 Å². The molecule has 0 aliphatic carbocycles. The van der Waals surface area contributed by atoms with Gasteiger partial charge in [0.1, 0.15) is 0 Å². The number of nitrogens with zero attached hydrogens (tertiary/aromatic N) is 1. The van der Waals surface area contributed by atoms with E-state index in [2.05, 4.69) is 5.32 Å². The summed E-state index contributed by atoms with van der Waals surface area (Å²) >= 11 is 0. The average Bonchev–Trinajstić information content (AvgIpc) is 2.41. The molecule has 0 spiro atoms. The lowest BCUT2D eigenvalue weighted by atomic mass is 10.2. The van der Waals surface area contributed by atoms with Crippen LogP contribution in [0.2, 0.25) is 0 Å². The van der Waals surface area contributed by atoms with E-state index in [0.717, 1.165) is 9.87 Å². The molecule has 0 saturated heterocycles. The van der Waals surface area contributed by atoms with Crippen molar-refractivity contribution in [3.8, 4) is 0 Å². The summed E-state index contributed by atoms with van der Waals surface area (Å²) in [4.78, 5) is 11.9.